The third-order valence-corrected chi connectivity index (χ3v) is 3.02. The Hall–Kier alpha value is -2.24. The number of ketones is 1. The highest BCUT2D eigenvalue weighted by molar-refractivity contribution is 5.91. The van der Waals surface area contributed by atoms with Crippen LogP contribution in [0.1, 0.15) is 24.8 Å². The van der Waals surface area contributed by atoms with E-state index in [-0.39, 0.29) is 11.5 Å². The summed E-state index contributed by atoms with van der Waals surface area (Å²) in [6.07, 6.45) is 3.81. The fraction of sp³-hybridized carbons (Fsp3) is 0.333. The van der Waals surface area contributed by atoms with Crippen LogP contribution >= 0.6 is 0 Å². The molecule has 0 N–H and O–H groups in total. The first kappa shape index (κ1) is 15.2. The normalized spacial score (nSPS) is 18.4. The van der Waals surface area contributed by atoms with E-state index in [1.165, 1.54) is 36.4 Å². The summed E-state index contributed by atoms with van der Waals surface area (Å²) in [5.74, 6) is -0.602. The van der Waals surface area contributed by atoms with Gasteiger partial charge in [-0.3, -0.25) is 4.79 Å². The van der Waals surface area contributed by atoms with Crippen molar-refractivity contribution >= 4 is 17.8 Å². The molecule has 1 aliphatic rings. The predicted molar refractivity (Wildman–Crippen MR) is 70.8 cm³/mol. The molecule has 1 aliphatic carbocycles. The van der Waals surface area contributed by atoms with E-state index in [4.69, 9.17) is 4.74 Å². The van der Waals surface area contributed by atoms with Crippen LogP contribution in [0.4, 0.5) is 8.78 Å². The molecule has 1 aromatic rings. The summed E-state index contributed by atoms with van der Waals surface area (Å²) >= 11 is 0. The molecule has 0 aromatic heterocycles. The summed E-state index contributed by atoms with van der Waals surface area (Å²) in [7, 11) is 0. The van der Waals surface area contributed by atoms with E-state index in [9.17, 15) is 18.4 Å². The number of hydrogen-bond acceptors (Lipinski definition) is 4. The summed E-state index contributed by atoms with van der Waals surface area (Å²) in [4.78, 5) is 22.9. The van der Waals surface area contributed by atoms with Crippen molar-refractivity contribution in [2.75, 3.05) is 0 Å². The Morgan fingerprint density at radius 1 is 1.29 bits per heavy atom. The van der Waals surface area contributed by atoms with Crippen LogP contribution in [-0.2, 0) is 14.3 Å². The van der Waals surface area contributed by atoms with Gasteiger partial charge >= 0.3 is 12.6 Å². The lowest BCUT2D eigenvalue weighted by Crippen LogP contribution is -2.20. The summed E-state index contributed by atoms with van der Waals surface area (Å²) in [6.45, 7) is -2.87. The van der Waals surface area contributed by atoms with E-state index in [1.54, 1.807) is 0 Å². The Bertz CT molecular complexity index is 537. The smallest absolute Gasteiger partial charge is 0.387 e. The number of Topliss-reactive ketones (excluding diaryl/α,β-unsaturated/α-hetero) is 1. The van der Waals surface area contributed by atoms with Gasteiger partial charge in [-0.25, -0.2) is 4.79 Å². The molecule has 2 rings (SSSR count). The topological polar surface area (TPSA) is 52.6 Å². The first-order valence-corrected chi connectivity index (χ1v) is 6.51. The molecule has 1 unspecified atom stereocenters. The Kier molecular flexibility index (Phi) is 5.03. The van der Waals surface area contributed by atoms with Gasteiger partial charge in [-0.15, -0.1) is 0 Å². The standard InChI is InChI=1S/C15H14F2O4/c16-15(17)20-11-7-4-10(5-8-11)6-9-14(19)21-13-3-1-2-12(13)18/h4-9,13,15H,1-3H2/b9-6+. The van der Waals surface area contributed by atoms with Gasteiger partial charge in [0.15, 0.2) is 11.9 Å². The molecular weight excluding hydrogens is 282 g/mol. The molecule has 1 aromatic carbocycles. The highest BCUT2D eigenvalue weighted by Gasteiger charge is 2.27. The maximum Gasteiger partial charge on any atom is 0.387 e. The Labute approximate surface area is 120 Å². The number of ether oxygens (including phenoxy) is 2. The van der Waals surface area contributed by atoms with Gasteiger partial charge in [0.2, 0.25) is 0 Å². The van der Waals surface area contributed by atoms with Crippen LogP contribution in [0, 0.1) is 0 Å². The van der Waals surface area contributed by atoms with E-state index in [1.807, 2.05) is 0 Å². The minimum Gasteiger partial charge on any atom is -0.451 e. The van der Waals surface area contributed by atoms with Crippen LogP contribution in [0.5, 0.6) is 5.75 Å². The second-order valence-electron chi connectivity index (χ2n) is 4.56. The van der Waals surface area contributed by atoms with Crippen molar-refractivity contribution in [3.63, 3.8) is 0 Å². The summed E-state index contributed by atoms with van der Waals surface area (Å²) in [5.41, 5.74) is 0.631. The molecule has 1 fully saturated rings. The molecule has 6 heteroatoms. The number of hydrogen-bond donors (Lipinski definition) is 0. The number of rotatable bonds is 5. The van der Waals surface area contributed by atoms with Gasteiger partial charge < -0.3 is 9.47 Å². The number of alkyl halides is 2. The average Bonchev–Trinajstić information content (AvgIpc) is 2.83. The van der Waals surface area contributed by atoms with Crippen molar-refractivity contribution in [2.24, 2.45) is 0 Å². The first-order valence-electron chi connectivity index (χ1n) is 6.51. The van der Waals surface area contributed by atoms with E-state index < -0.39 is 18.7 Å². The average molecular weight is 296 g/mol. The van der Waals surface area contributed by atoms with Crippen LogP contribution in [0.25, 0.3) is 6.08 Å². The Morgan fingerprint density at radius 3 is 2.57 bits per heavy atom. The SMILES string of the molecule is O=C(/C=C/c1ccc(OC(F)F)cc1)OC1CCCC1=O. The summed E-state index contributed by atoms with van der Waals surface area (Å²) in [6, 6.07) is 5.81. The highest BCUT2D eigenvalue weighted by atomic mass is 19.3. The largest absolute Gasteiger partial charge is 0.451 e. The van der Waals surface area contributed by atoms with E-state index in [0.29, 0.717) is 18.4 Å². The molecule has 0 bridgehead atoms. The van der Waals surface area contributed by atoms with Gasteiger partial charge in [0.1, 0.15) is 5.75 Å². The number of carbonyl (C=O) groups is 2. The third-order valence-electron chi connectivity index (χ3n) is 3.02. The number of benzene rings is 1. The van der Waals surface area contributed by atoms with Gasteiger partial charge in [-0.1, -0.05) is 12.1 Å². The fourth-order valence-corrected chi connectivity index (χ4v) is 2.01. The lowest BCUT2D eigenvalue weighted by atomic mass is 10.2. The highest BCUT2D eigenvalue weighted by Crippen LogP contribution is 2.18. The zero-order valence-corrected chi connectivity index (χ0v) is 11.1. The molecule has 0 aliphatic heterocycles. The zero-order valence-electron chi connectivity index (χ0n) is 11.1. The van der Waals surface area contributed by atoms with Crippen molar-refractivity contribution in [3.05, 3.63) is 35.9 Å². The van der Waals surface area contributed by atoms with Crippen molar-refractivity contribution in [2.45, 2.75) is 32.0 Å². The monoisotopic (exact) mass is 296 g/mol. The summed E-state index contributed by atoms with van der Waals surface area (Å²) in [5, 5.41) is 0. The molecule has 1 saturated carbocycles. The van der Waals surface area contributed by atoms with Gasteiger partial charge in [-0.05, 0) is 36.6 Å². The number of carbonyl (C=O) groups excluding carboxylic acids is 2. The lowest BCUT2D eigenvalue weighted by Gasteiger charge is -2.07. The molecule has 0 saturated heterocycles. The van der Waals surface area contributed by atoms with E-state index in [2.05, 4.69) is 4.74 Å². The minimum atomic E-state index is -2.87. The predicted octanol–water partition coefficient (Wildman–Crippen LogP) is 2.97. The second-order valence-corrected chi connectivity index (χ2v) is 4.56. The van der Waals surface area contributed by atoms with Gasteiger partial charge in [0.05, 0.1) is 0 Å². The molecule has 0 amide bonds. The van der Waals surface area contributed by atoms with Gasteiger partial charge in [-0.2, -0.15) is 8.78 Å². The van der Waals surface area contributed by atoms with Gasteiger partial charge in [0, 0.05) is 12.5 Å². The van der Waals surface area contributed by atoms with Crippen LogP contribution in [0.15, 0.2) is 30.3 Å². The molecule has 1 atom stereocenters. The minimum absolute atomic E-state index is 0.0429. The molecule has 4 nitrogen and oxygen atoms in total. The second kappa shape index (κ2) is 6.97. The van der Waals surface area contributed by atoms with Crippen molar-refractivity contribution in [1.29, 1.82) is 0 Å². The first-order chi connectivity index (χ1) is 10.0. The molecule has 21 heavy (non-hydrogen) atoms. The molecule has 0 heterocycles. The Balaban J connectivity index is 1.88. The van der Waals surface area contributed by atoms with Crippen LogP contribution < -0.4 is 4.74 Å². The zero-order chi connectivity index (χ0) is 15.2. The molecular formula is C15H14F2O4. The summed E-state index contributed by atoms with van der Waals surface area (Å²) < 4.78 is 33.2. The molecule has 112 valence electrons. The van der Waals surface area contributed by atoms with Gasteiger partial charge in [0.25, 0.3) is 0 Å². The van der Waals surface area contributed by atoms with Crippen LogP contribution in [-0.4, -0.2) is 24.5 Å². The maximum absolute atomic E-state index is 12.0. The van der Waals surface area contributed by atoms with Crippen LogP contribution in [0.2, 0.25) is 0 Å². The van der Waals surface area contributed by atoms with E-state index >= 15 is 0 Å². The van der Waals surface area contributed by atoms with Crippen molar-refractivity contribution < 1.29 is 27.8 Å². The fourth-order valence-electron chi connectivity index (χ4n) is 2.01. The quantitative estimate of drug-likeness (QED) is 0.619. The Morgan fingerprint density at radius 2 is 2.00 bits per heavy atom. The number of esters is 1. The van der Waals surface area contributed by atoms with Crippen molar-refractivity contribution in [3.8, 4) is 5.75 Å². The van der Waals surface area contributed by atoms with E-state index in [0.717, 1.165) is 6.42 Å². The molecule has 0 radical (unpaired) electrons. The van der Waals surface area contributed by atoms with Crippen LogP contribution in [0.3, 0.4) is 0 Å². The van der Waals surface area contributed by atoms with Crippen molar-refractivity contribution in [1.82, 2.24) is 0 Å². The maximum atomic E-state index is 12.0. The molecule has 0 spiro atoms. The number of halogens is 2. The lowest BCUT2D eigenvalue weighted by molar-refractivity contribution is -0.148. The third kappa shape index (κ3) is 4.66.